The fourth-order valence-electron chi connectivity index (χ4n) is 1.28. The van der Waals surface area contributed by atoms with Gasteiger partial charge in [0.1, 0.15) is 5.75 Å². The first-order valence-corrected chi connectivity index (χ1v) is 5.36. The average molecular weight is 255 g/mol. The first-order valence-electron chi connectivity index (χ1n) is 5.36. The third-order valence-corrected chi connectivity index (χ3v) is 2.19. The van der Waals surface area contributed by atoms with Gasteiger partial charge in [0, 0.05) is 6.07 Å². The Bertz CT molecular complexity index is 445. The Morgan fingerprint density at radius 2 is 2.17 bits per heavy atom. The van der Waals surface area contributed by atoms with Crippen LogP contribution >= 0.6 is 0 Å². The molecular formula is C11H13NO6. The van der Waals surface area contributed by atoms with Gasteiger partial charge in [-0.15, -0.1) is 0 Å². The molecule has 1 aromatic rings. The van der Waals surface area contributed by atoms with E-state index in [0.29, 0.717) is 6.61 Å². The van der Waals surface area contributed by atoms with Crippen molar-refractivity contribution in [3.63, 3.8) is 0 Å². The second-order valence-corrected chi connectivity index (χ2v) is 3.55. The van der Waals surface area contributed by atoms with Gasteiger partial charge >= 0.3 is 5.97 Å². The van der Waals surface area contributed by atoms with E-state index in [4.69, 9.17) is 9.99 Å². The van der Waals surface area contributed by atoms with Crippen molar-refractivity contribution in [2.45, 2.75) is 19.8 Å². The molecule has 0 saturated heterocycles. The molecule has 0 aromatic heterocycles. The maximum Gasteiger partial charge on any atom is 0.373 e. The van der Waals surface area contributed by atoms with Crippen LogP contribution in [0.4, 0.5) is 5.69 Å². The molecule has 0 aliphatic rings. The van der Waals surface area contributed by atoms with Gasteiger partial charge in [-0.3, -0.25) is 15.0 Å². The van der Waals surface area contributed by atoms with Gasteiger partial charge < -0.3 is 4.74 Å². The van der Waals surface area contributed by atoms with Crippen molar-refractivity contribution in [3.05, 3.63) is 33.9 Å². The van der Waals surface area contributed by atoms with Crippen LogP contribution in [0.1, 0.15) is 30.1 Å². The molecule has 0 aliphatic carbocycles. The van der Waals surface area contributed by atoms with Gasteiger partial charge in [-0.25, -0.2) is 4.79 Å². The summed E-state index contributed by atoms with van der Waals surface area (Å²) in [6.45, 7) is 2.37. The minimum Gasteiger partial charge on any atom is -0.493 e. The molecule has 0 bridgehead atoms. The van der Waals surface area contributed by atoms with Crippen molar-refractivity contribution >= 4 is 11.7 Å². The SMILES string of the molecule is CCCCOc1cc(C(=O)OO)cc([N+](=O)[O-])c1. The summed E-state index contributed by atoms with van der Waals surface area (Å²) in [7, 11) is 0. The summed E-state index contributed by atoms with van der Waals surface area (Å²) >= 11 is 0. The molecule has 1 rings (SSSR count). The predicted molar refractivity (Wildman–Crippen MR) is 61.5 cm³/mol. The molecule has 1 aromatic carbocycles. The van der Waals surface area contributed by atoms with Crippen LogP contribution in [-0.2, 0) is 4.89 Å². The van der Waals surface area contributed by atoms with Gasteiger partial charge in [-0.2, -0.15) is 5.26 Å². The van der Waals surface area contributed by atoms with E-state index in [-0.39, 0.29) is 17.0 Å². The van der Waals surface area contributed by atoms with Crippen LogP contribution in [0.5, 0.6) is 5.75 Å². The van der Waals surface area contributed by atoms with Crippen LogP contribution in [0.15, 0.2) is 18.2 Å². The topological polar surface area (TPSA) is 98.9 Å². The van der Waals surface area contributed by atoms with Crippen LogP contribution < -0.4 is 4.74 Å². The summed E-state index contributed by atoms with van der Waals surface area (Å²) in [5.41, 5.74) is -0.442. The number of ether oxygens (including phenoxy) is 1. The number of nitrogens with zero attached hydrogens (tertiary/aromatic N) is 1. The molecule has 0 amide bonds. The van der Waals surface area contributed by atoms with Crippen molar-refractivity contribution in [2.75, 3.05) is 6.61 Å². The summed E-state index contributed by atoms with van der Waals surface area (Å²) in [6.07, 6.45) is 1.71. The molecule has 0 unspecified atom stereocenters. The zero-order chi connectivity index (χ0) is 13.5. The first kappa shape index (κ1) is 13.9. The van der Waals surface area contributed by atoms with E-state index in [1.54, 1.807) is 0 Å². The smallest absolute Gasteiger partial charge is 0.373 e. The molecule has 0 fully saturated rings. The van der Waals surface area contributed by atoms with Crippen LogP contribution in [-0.4, -0.2) is 22.8 Å². The predicted octanol–water partition coefficient (Wildman–Crippen LogP) is 2.40. The number of carbonyl (C=O) groups excluding carboxylic acids is 1. The molecule has 1 N–H and O–H groups in total. The molecule has 7 heteroatoms. The molecule has 18 heavy (non-hydrogen) atoms. The summed E-state index contributed by atoms with van der Waals surface area (Å²) in [5, 5.41) is 18.9. The molecule has 7 nitrogen and oxygen atoms in total. The molecule has 0 aliphatic heterocycles. The van der Waals surface area contributed by atoms with Gasteiger partial charge in [0.2, 0.25) is 0 Å². The fraction of sp³-hybridized carbons (Fsp3) is 0.364. The number of benzene rings is 1. The Labute approximate surface area is 103 Å². The highest BCUT2D eigenvalue weighted by Crippen LogP contribution is 2.23. The van der Waals surface area contributed by atoms with Crippen LogP contribution in [0.3, 0.4) is 0 Å². The molecule has 0 spiro atoms. The highest BCUT2D eigenvalue weighted by molar-refractivity contribution is 5.90. The summed E-state index contributed by atoms with van der Waals surface area (Å²) < 4.78 is 5.28. The van der Waals surface area contributed by atoms with E-state index < -0.39 is 10.9 Å². The normalized spacial score (nSPS) is 9.89. The number of nitro groups is 1. The van der Waals surface area contributed by atoms with E-state index in [1.807, 2.05) is 6.92 Å². The van der Waals surface area contributed by atoms with E-state index in [0.717, 1.165) is 18.9 Å². The summed E-state index contributed by atoms with van der Waals surface area (Å²) in [6, 6.07) is 3.50. The minimum atomic E-state index is -1.07. The zero-order valence-electron chi connectivity index (χ0n) is 9.79. The fourth-order valence-corrected chi connectivity index (χ4v) is 1.28. The second kappa shape index (κ2) is 6.55. The summed E-state index contributed by atoms with van der Waals surface area (Å²) in [4.78, 5) is 24.7. The lowest BCUT2D eigenvalue weighted by Crippen LogP contribution is -2.04. The zero-order valence-corrected chi connectivity index (χ0v) is 9.79. The minimum absolute atomic E-state index is 0.141. The van der Waals surface area contributed by atoms with Crippen molar-refractivity contribution in [3.8, 4) is 5.75 Å². The van der Waals surface area contributed by atoms with Crippen molar-refractivity contribution < 1.29 is 24.6 Å². The molecule has 98 valence electrons. The Balaban J connectivity index is 2.98. The Hall–Kier alpha value is -2.15. The van der Waals surface area contributed by atoms with Crippen molar-refractivity contribution in [1.82, 2.24) is 0 Å². The van der Waals surface area contributed by atoms with Crippen LogP contribution in [0.2, 0.25) is 0 Å². The van der Waals surface area contributed by atoms with Crippen molar-refractivity contribution in [2.24, 2.45) is 0 Å². The number of unbranched alkanes of at least 4 members (excludes halogenated alkanes) is 1. The number of nitro benzene ring substituents is 1. The number of hydrogen-bond acceptors (Lipinski definition) is 6. The van der Waals surface area contributed by atoms with E-state index >= 15 is 0 Å². The molecule has 0 radical (unpaired) electrons. The third kappa shape index (κ3) is 3.70. The standard InChI is InChI=1S/C11H13NO6/c1-2-3-4-17-10-6-8(11(13)18-16)5-9(7-10)12(14)15/h5-7,16H,2-4H2,1H3. The van der Waals surface area contributed by atoms with E-state index in [1.165, 1.54) is 12.1 Å². The van der Waals surface area contributed by atoms with Gasteiger partial charge in [-0.05, 0) is 12.5 Å². The van der Waals surface area contributed by atoms with E-state index in [9.17, 15) is 14.9 Å². The Morgan fingerprint density at radius 3 is 2.72 bits per heavy atom. The monoisotopic (exact) mass is 255 g/mol. The van der Waals surface area contributed by atoms with Gasteiger partial charge in [-0.1, -0.05) is 13.3 Å². The second-order valence-electron chi connectivity index (χ2n) is 3.55. The molecular weight excluding hydrogens is 242 g/mol. The number of hydrogen-bond donors (Lipinski definition) is 1. The molecule has 0 heterocycles. The Morgan fingerprint density at radius 1 is 1.44 bits per heavy atom. The van der Waals surface area contributed by atoms with Gasteiger partial charge in [0.05, 0.1) is 23.2 Å². The highest BCUT2D eigenvalue weighted by Gasteiger charge is 2.16. The first-order chi connectivity index (χ1) is 8.58. The lowest BCUT2D eigenvalue weighted by Gasteiger charge is -2.06. The molecule has 0 saturated carbocycles. The number of rotatable bonds is 6. The lowest BCUT2D eigenvalue weighted by molar-refractivity contribution is -0.385. The van der Waals surface area contributed by atoms with Gasteiger partial charge in [0.25, 0.3) is 5.69 Å². The third-order valence-electron chi connectivity index (χ3n) is 2.19. The van der Waals surface area contributed by atoms with Gasteiger partial charge in [0.15, 0.2) is 0 Å². The van der Waals surface area contributed by atoms with Crippen LogP contribution in [0, 0.1) is 10.1 Å². The molecule has 0 atom stereocenters. The largest absolute Gasteiger partial charge is 0.493 e. The van der Waals surface area contributed by atoms with E-state index in [2.05, 4.69) is 4.89 Å². The maximum atomic E-state index is 11.1. The number of carbonyl (C=O) groups is 1. The number of non-ortho nitro benzene ring substituents is 1. The van der Waals surface area contributed by atoms with Crippen molar-refractivity contribution in [1.29, 1.82) is 0 Å². The highest BCUT2D eigenvalue weighted by atomic mass is 17.1. The summed E-state index contributed by atoms with van der Waals surface area (Å²) in [5.74, 6) is -0.878. The Kier molecular flexibility index (Phi) is 5.06. The maximum absolute atomic E-state index is 11.1. The average Bonchev–Trinajstić information content (AvgIpc) is 2.37. The quantitative estimate of drug-likeness (QED) is 0.362. The lowest BCUT2D eigenvalue weighted by atomic mass is 10.2. The van der Waals surface area contributed by atoms with Crippen LogP contribution in [0.25, 0.3) is 0 Å².